The van der Waals surface area contributed by atoms with E-state index in [4.69, 9.17) is 5.26 Å². The van der Waals surface area contributed by atoms with Gasteiger partial charge in [-0.25, -0.2) is 0 Å². The maximum atomic E-state index is 9.35. The molecule has 0 aromatic heterocycles. The van der Waals surface area contributed by atoms with Gasteiger partial charge in [-0.05, 0) is 30.2 Å². The highest BCUT2D eigenvalue weighted by molar-refractivity contribution is 5.41. The number of rotatable bonds is 1. The van der Waals surface area contributed by atoms with Gasteiger partial charge < -0.3 is 5.11 Å². The molecule has 2 nitrogen and oxygen atoms in total. The van der Waals surface area contributed by atoms with Crippen molar-refractivity contribution >= 4 is 0 Å². The summed E-state index contributed by atoms with van der Waals surface area (Å²) in [4.78, 5) is 0. The maximum absolute atomic E-state index is 9.35. The summed E-state index contributed by atoms with van der Waals surface area (Å²) in [6.07, 6.45) is 6.59. The predicted molar refractivity (Wildman–Crippen MR) is 58.3 cm³/mol. The van der Waals surface area contributed by atoms with Gasteiger partial charge in [0.15, 0.2) is 0 Å². The van der Waals surface area contributed by atoms with Crippen molar-refractivity contribution < 1.29 is 5.11 Å². The lowest BCUT2D eigenvalue weighted by Gasteiger charge is -2.14. The van der Waals surface area contributed by atoms with Crippen LogP contribution < -0.4 is 0 Å². The predicted octanol–water partition coefficient (Wildman–Crippen LogP) is 2.89. The molecule has 2 heteroatoms. The number of phenolic OH excluding ortho intramolecular Hbond substituents is 1. The summed E-state index contributed by atoms with van der Waals surface area (Å²) >= 11 is 0. The average molecular weight is 197 g/mol. The van der Waals surface area contributed by atoms with E-state index < -0.39 is 0 Å². The molecule has 0 amide bonds. The summed E-state index contributed by atoms with van der Waals surface area (Å²) in [5, 5.41) is 18.0. The third-order valence-corrected chi connectivity index (χ3v) is 2.53. The van der Waals surface area contributed by atoms with Crippen LogP contribution >= 0.6 is 0 Å². The largest absolute Gasteiger partial charge is 0.508 e. The van der Waals surface area contributed by atoms with E-state index in [0.29, 0.717) is 5.57 Å². The minimum atomic E-state index is 0.272. The van der Waals surface area contributed by atoms with Crippen LogP contribution in [0.4, 0.5) is 0 Å². The van der Waals surface area contributed by atoms with Crippen molar-refractivity contribution in [1.29, 1.82) is 5.26 Å². The van der Waals surface area contributed by atoms with Crippen molar-refractivity contribution in [2.45, 2.75) is 12.3 Å². The van der Waals surface area contributed by atoms with Gasteiger partial charge >= 0.3 is 0 Å². The number of benzene rings is 1. The normalized spacial score (nSPS) is 19.4. The van der Waals surface area contributed by atoms with Crippen molar-refractivity contribution in [2.75, 3.05) is 0 Å². The first-order valence-electron chi connectivity index (χ1n) is 4.87. The molecule has 1 atom stereocenters. The minimum Gasteiger partial charge on any atom is -0.508 e. The van der Waals surface area contributed by atoms with E-state index in [-0.39, 0.29) is 11.7 Å². The molecule has 1 aliphatic carbocycles. The zero-order valence-corrected chi connectivity index (χ0v) is 8.22. The molecule has 0 radical (unpaired) electrons. The number of phenols is 1. The summed E-state index contributed by atoms with van der Waals surface area (Å²) < 4.78 is 0. The van der Waals surface area contributed by atoms with Crippen LogP contribution in [-0.2, 0) is 0 Å². The lowest BCUT2D eigenvalue weighted by atomic mass is 9.90. The van der Waals surface area contributed by atoms with Crippen molar-refractivity contribution in [3.63, 3.8) is 0 Å². The molecule has 0 fully saturated rings. The molecule has 2 rings (SSSR count). The van der Waals surface area contributed by atoms with E-state index in [1.807, 2.05) is 30.4 Å². The first-order valence-corrected chi connectivity index (χ1v) is 4.87. The van der Waals surface area contributed by atoms with Gasteiger partial charge in [0, 0.05) is 11.5 Å². The van der Waals surface area contributed by atoms with E-state index in [1.165, 1.54) is 0 Å². The Morgan fingerprint density at radius 1 is 1.40 bits per heavy atom. The van der Waals surface area contributed by atoms with Crippen LogP contribution in [0.1, 0.15) is 17.9 Å². The monoisotopic (exact) mass is 197 g/mol. The zero-order valence-electron chi connectivity index (χ0n) is 8.22. The molecule has 0 bridgehead atoms. The Bertz CT molecular complexity index is 466. The third kappa shape index (κ3) is 2.08. The van der Waals surface area contributed by atoms with Crippen LogP contribution in [-0.4, -0.2) is 5.11 Å². The van der Waals surface area contributed by atoms with Crippen molar-refractivity contribution in [3.05, 3.63) is 53.6 Å². The van der Waals surface area contributed by atoms with E-state index >= 15 is 0 Å². The van der Waals surface area contributed by atoms with Gasteiger partial charge in [-0.15, -0.1) is 0 Å². The van der Waals surface area contributed by atoms with Gasteiger partial charge in [-0.2, -0.15) is 5.26 Å². The second kappa shape index (κ2) is 4.02. The third-order valence-electron chi connectivity index (χ3n) is 2.53. The fourth-order valence-corrected chi connectivity index (χ4v) is 1.71. The van der Waals surface area contributed by atoms with Gasteiger partial charge in [-0.3, -0.25) is 0 Å². The Morgan fingerprint density at radius 3 is 2.87 bits per heavy atom. The van der Waals surface area contributed by atoms with E-state index in [2.05, 4.69) is 6.07 Å². The molecule has 1 unspecified atom stereocenters. The summed E-state index contributed by atoms with van der Waals surface area (Å²) in [5.41, 5.74) is 1.80. The quantitative estimate of drug-likeness (QED) is 0.752. The number of hydrogen-bond acceptors (Lipinski definition) is 2. The van der Waals surface area contributed by atoms with E-state index in [9.17, 15) is 5.11 Å². The smallest absolute Gasteiger partial charge is 0.115 e. The highest BCUT2D eigenvalue weighted by Gasteiger charge is 2.10. The summed E-state index contributed by atoms with van der Waals surface area (Å²) in [5.74, 6) is 0.560. The minimum absolute atomic E-state index is 0.272. The molecule has 0 saturated heterocycles. The molecule has 0 saturated carbocycles. The molecule has 0 aliphatic heterocycles. The van der Waals surface area contributed by atoms with Crippen LogP contribution in [0.2, 0.25) is 0 Å². The summed E-state index contributed by atoms with van der Waals surface area (Å²) in [6, 6.07) is 9.36. The van der Waals surface area contributed by atoms with Crippen LogP contribution in [0.5, 0.6) is 5.75 Å². The molecule has 15 heavy (non-hydrogen) atoms. The van der Waals surface area contributed by atoms with Crippen LogP contribution in [0.15, 0.2) is 48.1 Å². The molecular formula is C13H11NO. The number of nitrogens with zero attached hydrogens (tertiary/aromatic N) is 1. The second-order valence-electron chi connectivity index (χ2n) is 3.57. The second-order valence-corrected chi connectivity index (χ2v) is 3.57. The molecule has 1 aromatic rings. The first-order chi connectivity index (χ1) is 7.29. The topological polar surface area (TPSA) is 44.0 Å². The van der Waals surface area contributed by atoms with Crippen LogP contribution in [0, 0.1) is 11.3 Å². The fraction of sp³-hybridized carbons (Fsp3) is 0.154. The Morgan fingerprint density at radius 2 is 2.27 bits per heavy atom. The lowest BCUT2D eigenvalue weighted by Crippen LogP contribution is -1.97. The highest BCUT2D eigenvalue weighted by Crippen LogP contribution is 2.28. The molecule has 1 N–H and O–H groups in total. The van der Waals surface area contributed by atoms with Crippen molar-refractivity contribution in [1.82, 2.24) is 0 Å². The van der Waals surface area contributed by atoms with Gasteiger partial charge in [-0.1, -0.05) is 24.3 Å². The molecular weight excluding hydrogens is 186 g/mol. The van der Waals surface area contributed by atoms with Gasteiger partial charge in [0.25, 0.3) is 0 Å². The number of allylic oxidation sites excluding steroid dienone is 4. The standard InChI is InChI=1S/C13H11NO/c14-9-10-4-6-11(7-5-10)12-2-1-3-13(15)8-12/h1-6,8,11,15H,7H2. The Balaban J connectivity index is 2.20. The lowest BCUT2D eigenvalue weighted by molar-refractivity contribution is 0.474. The fourth-order valence-electron chi connectivity index (χ4n) is 1.71. The van der Waals surface area contributed by atoms with Crippen molar-refractivity contribution in [2.24, 2.45) is 0 Å². The summed E-state index contributed by atoms with van der Waals surface area (Å²) in [6.45, 7) is 0. The SMILES string of the molecule is N#CC1=CCC(c2cccc(O)c2)C=C1. The highest BCUT2D eigenvalue weighted by atomic mass is 16.3. The molecule has 74 valence electrons. The van der Waals surface area contributed by atoms with Crippen molar-refractivity contribution in [3.8, 4) is 11.8 Å². The first kappa shape index (κ1) is 9.54. The number of aromatic hydroxyl groups is 1. The maximum Gasteiger partial charge on any atom is 0.115 e. The molecule has 0 heterocycles. The zero-order chi connectivity index (χ0) is 10.7. The Labute approximate surface area is 88.8 Å². The van der Waals surface area contributed by atoms with Gasteiger partial charge in [0.05, 0.1) is 6.07 Å². The van der Waals surface area contributed by atoms with Crippen LogP contribution in [0.25, 0.3) is 0 Å². The number of nitriles is 1. The number of hydrogen-bond donors (Lipinski definition) is 1. The Kier molecular flexibility index (Phi) is 2.55. The molecule has 0 spiro atoms. The van der Waals surface area contributed by atoms with E-state index in [0.717, 1.165) is 12.0 Å². The van der Waals surface area contributed by atoms with Gasteiger partial charge in [0.1, 0.15) is 5.75 Å². The van der Waals surface area contributed by atoms with Crippen LogP contribution in [0.3, 0.4) is 0 Å². The average Bonchev–Trinajstić information content (AvgIpc) is 2.29. The summed E-state index contributed by atoms with van der Waals surface area (Å²) in [7, 11) is 0. The Hall–Kier alpha value is -2.01. The molecule has 1 aliphatic rings. The van der Waals surface area contributed by atoms with Gasteiger partial charge in [0.2, 0.25) is 0 Å². The van der Waals surface area contributed by atoms with E-state index in [1.54, 1.807) is 12.1 Å². The molecule has 1 aromatic carbocycles.